The van der Waals surface area contributed by atoms with Crippen LogP contribution < -0.4 is 5.73 Å². The third-order valence-electron chi connectivity index (χ3n) is 4.54. The van der Waals surface area contributed by atoms with Gasteiger partial charge in [0, 0.05) is 43.2 Å². The molecule has 6 heteroatoms. The lowest BCUT2D eigenvalue weighted by molar-refractivity contribution is -0.385. The average Bonchev–Trinajstić information content (AvgIpc) is 2.90. The maximum Gasteiger partial charge on any atom is 0.272 e. The zero-order valence-corrected chi connectivity index (χ0v) is 14.4. The lowest BCUT2D eigenvalue weighted by Crippen LogP contribution is -2.28. The molecule has 0 saturated carbocycles. The highest BCUT2D eigenvalue weighted by atomic mass is 35.5. The van der Waals surface area contributed by atoms with Crippen molar-refractivity contribution in [1.29, 1.82) is 0 Å². The zero-order valence-electron chi connectivity index (χ0n) is 13.6. The van der Waals surface area contributed by atoms with Gasteiger partial charge < -0.3 is 5.73 Å². The number of nitro benzene ring substituents is 1. The van der Waals surface area contributed by atoms with Gasteiger partial charge in [-0.25, -0.2) is 0 Å². The number of hydrogen-bond donors (Lipinski definition) is 1. The summed E-state index contributed by atoms with van der Waals surface area (Å²) in [7, 11) is 0. The first-order valence-corrected chi connectivity index (χ1v) is 7.81. The highest BCUT2D eigenvalue weighted by Crippen LogP contribution is 2.28. The van der Waals surface area contributed by atoms with Gasteiger partial charge in [-0.15, -0.1) is 12.4 Å². The number of nitrogens with two attached hydrogens (primary N) is 1. The largest absolute Gasteiger partial charge is 0.326 e. The smallest absolute Gasteiger partial charge is 0.272 e. The molecule has 5 nitrogen and oxygen atoms in total. The molecule has 24 heavy (non-hydrogen) atoms. The fraction of sp³-hybridized carbons (Fsp3) is 0.333. The van der Waals surface area contributed by atoms with Gasteiger partial charge in [-0.2, -0.15) is 0 Å². The van der Waals surface area contributed by atoms with E-state index < -0.39 is 0 Å². The topological polar surface area (TPSA) is 72.4 Å². The maximum absolute atomic E-state index is 11.1. The molecule has 0 unspecified atom stereocenters. The molecule has 2 aromatic rings. The Morgan fingerprint density at radius 1 is 1.21 bits per heavy atom. The average molecular weight is 348 g/mol. The Morgan fingerprint density at radius 2 is 1.92 bits per heavy atom. The fourth-order valence-corrected chi connectivity index (χ4v) is 3.30. The van der Waals surface area contributed by atoms with E-state index in [1.54, 1.807) is 13.0 Å². The first-order valence-electron chi connectivity index (χ1n) is 7.81. The van der Waals surface area contributed by atoms with E-state index in [9.17, 15) is 10.1 Å². The van der Waals surface area contributed by atoms with Crippen molar-refractivity contribution in [2.45, 2.75) is 25.4 Å². The van der Waals surface area contributed by atoms with Crippen LogP contribution in [0.25, 0.3) is 0 Å². The predicted molar refractivity (Wildman–Crippen MR) is 97.5 cm³/mol. The van der Waals surface area contributed by atoms with Gasteiger partial charge in [0.05, 0.1) is 4.92 Å². The molecule has 128 valence electrons. The van der Waals surface area contributed by atoms with Crippen LogP contribution in [-0.4, -0.2) is 29.0 Å². The van der Waals surface area contributed by atoms with Gasteiger partial charge in [-0.1, -0.05) is 42.5 Å². The molecule has 0 radical (unpaired) electrons. The second kappa shape index (κ2) is 7.75. The summed E-state index contributed by atoms with van der Waals surface area (Å²) >= 11 is 0. The molecule has 1 aliphatic heterocycles. The summed E-state index contributed by atoms with van der Waals surface area (Å²) in [5.41, 5.74) is 9.41. The van der Waals surface area contributed by atoms with Crippen molar-refractivity contribution >= 4 is 18.1 Å². The molecular formula is C18H22ClN3O2. The molecule has 0 amide bonds. The van der Waals surface area contributed by atoms with Gasteiger partial charge in [0.2, 0.25) is 0 Å². The molecule has 1 aliphatic rings. The molecule has 0 aliphatic carbocycles. The van der Waals surface area contributed by atoms with Crippen LogP contribution in [0.4, 0.5) is 5.69 Å². The van der Waals surface area contributed by atoms with Crippen molar-refractivity contribution < 1.29 is 4.92 Å². The Labute approximate surface area is 148 Å². The molecule has 0 spiro atoms. The third kappa shape index (κ3) is 3.93. The molecule has 2 aromatic carbocycles. The van der Waals surface area contributed by atoms with Gasteiger partial charge in [0.25, 0.3) is 5.69 Å². The van der Waals surface area contributed by atoms with Crippen molar-refractivity contribution in [3.05, 3.63) is 75.3 Å². The zero-order chi connectivity index (χ0) is 16.4. The van der Waals surface area contributed by atoms with Crippen molar-refractivity contribution in [1.82, 2.24) is 4.90 Å². The Balaban J connectivity index is 0.00000208. The van der Waals surface area contributed by atoms with Crippen LogP contribution in [0.1, 0.15) is 22.6 Å². The van der Waals surface area contributed by atoms with Gasteiger partial charge in [0.1, 0.15) is 0 Å². The third-order valence-corrected chi connectivity index (χ3v) is 4.54. The van der Waals surface area contributed by atoms with Gasteiger partial charge in [-0.05, 0) is 18.1 Å². The van der Waals surface area contributed by atoms with E-state index in [0.29, 0.717) is 18.0 Å². The summed E-state index contributed by atoms with van der Waals surface area (Å²) in [4.78, 5) is 13.0. The Hall–Kier alpha value is -1.95. The second-order valence-electron chi connectivity index (χ2n) is 6.25. The van der Waals surface area contributed by atoms with Gasteiger partial charge >= 0.3 is 0 Å². The predicted octanol–water partition coefficient (Wildman–Crippen LogP) is 3.25. The molecule has 0 aromatic heterocycles. The van der Waals surface area contributed by atoms with E-state index in [2.05, 4.69) is 17.0 Å². The van der Waals surface area contributed by atoms with Gasteiger partial charge in [-0.3, -0.25) is 15.0 Å². The second-order valence-corrected chi connectivity index (χ2v) is 6.25. The Morgan fingerprint density at radius 3 is 2.58 bits per heavy atom. The number of rotatable bonds is 4. The monoisotopic (exact) mass is 347 g/mol. The lowest BCUT2D eigenvalue weighted by atomic mass is 9.95. The van der Waals surface area contributed by atoms with Crippen LogP contribution in [-0.2, 0) is 6.54 Å². The number of halogens is 1. The first kappa shape index (κ1) is 18.4. The first-order chi connectivity index (χ1) is 11.0. The minimum absolute atomic E-state index is 0. The summed E-state index contributed by atoms with van der Waals surface area (Å²) in [6, 6.07) is 15.9. The van der Waals surface area contributed by atoms with E-state index in [1.807, 2.05) is 30.3 Å². The van der Waals surface area contributed by atoms with Crippen LogP contribution in [0.15, 0.2) is 48.5 Å². The number of nitro groups is 1. The van der Waals surface area contributed by atoms with E-state index in [1.165, 1.54) is 5.56 Å². The van der Waals surface area contributed by atoms with E-state index in [0.717, 1.165) is 18.7 Å². The number of likely N-dealkylation sites (tertiary alicyclic amines) is 1. The number of hydrogen-bond acceptors (Lipinski definition) is 4. The standard InChI is InChI=1S/C18H21N3O2.ClH/c1-13-7-8-14(9-18(13)21(22)23)10-20-11-16(17(19)12-20)15-5-3-2-4-6-15;/h2-9,16-17H,10-12,19H2,1H3;1H/t16-,17+;/m0./s1. The van der Waals surface area contributed by atoms with Crippen LogP contribution in [0.2, 0.25) is 0 Å². The lowest BCUT2D eigenvalue weighted by Gasteiger charge is -2.16. The molecule has 1 heterocycles. The van der Waals surface area contributed by atoms with Crippen LogP contribution in [0, 0.1) is 17.0 Å². The molecule has 2 atom stereocenters. The van der Waals surface area contributed by atoms with Crippen LogP contribution >= 0.6 is 12.4 Å². The maximum atomic E-state index is 11.1. The normalized spacial score (nSPS) is 20.6. The molecule has 3 rings (SSSR count). The minimum atomic E-state index is -0.318. The number of aryl methyl sites for hydroxylation is 1. The van der Waals surface area contributed by atoms with E-state index in [4.69, 9.17) is 5.73 Å². The van der Waals surface area contributed by atoms with E-state index >= 15 is 0 Å². The van der Waals surface area contributed by atoms with Crippen molar-refractivity contribution in [2.24, 2.45) is 5.73 Å². The SMILES string of the molecule is Cc1ccc(CN2C[C@@H](N)[C@H](c3ccccc3)C2)cc1[N+](=O)[O-].Cl. The van der Waals surface area contributed by atoms with Crippen LogP contribution in [0.5, 0.6) is 0 Å². The minimum Gasteiger partial charge on any atom is -0.326 e. The Bertz CT molecular complexity index is 709. The summed E-state index contributed by atoms with van der Waals surface area (Å²) in [6.45, 7) is 4.14. The number of nitrogens with zero attached hydrogens (tertiary/aromatic N) is 2. The summed E-state index contributed by atoms with van der Waals surface area (Å²) in [5.74, 6) is 0.316. The van der Waals surface area contributed by atoms with Gasteiger partial charge in [0.15, 0.2) is 0 Å². The van der Waals surface area contributed by atoms with Crippen molar-refractivity contribution in [3.8, 4) is 0 Å². The highest BCUT2D eigenvalue weighted by Gasteiger charge is 2.31. The van der Waals surface area contributed by atoms with E-state index in [-0.39, 0.29) is 29.1 Å². The molecular weight excluding hydrogens is 326 g/mol. The molecule has 0 bridgehead atoms. The molecule has 1 saturated heterocycles. The number of benzene rings is 2. The Kier molecular flexibility index (Phi) is 5.94. The fourth-order valence-electron chi connectivity index (χ4n) is 3.30. The van der Waals surface area contributed by atoms with Crippen LogP contribution in [0.3, 0.4) is 0 Å². The summed E-state index contributed by atoms with van der Waals surface area (Å²) in [6.07, 6.45) is 0. The highest BCUT2D eigenvalue weighted by molar-refractivity contribution is 5.85. The quantitative estimate of drug-likeness (QED) is 0.680. The summed E-state index contributed by atoms with van der Waals surface area (Å²) in [5, 5.41) is 11.1. The van der Waals surface area contributed by atoms with Crippen molar-refractivity contribution in [2.75, 3.05) is 13.1 Å². The van der Waals surface area contributed by atoms with Crippen molar-refractivity contribution in [3.63, 3.8) is 0 Å². The summed E-state index contributed by atoms with van der Waals surface area (Å²) < 4.78 is 0. The molecule has 2 N–H and O–H groups in total. The molecule has 1 fully saturated rings.